The fourth-order valence-corrected chi connectivity index (χ4v) is 0.446. The lowest BCUT2D eigenvalue weighted by atomic mass is 10.6. The van der Waals surface area contributed by atoms with Crippen LogP contribution in [-0.4, -0.2) is 19.8 Å². The Balaban J connectivity index is 2.12. The predicted molar refractivity (Wildman–Crippen MR) is 24.2 cm³/mol. The standard InChI is InChI=1S/C4H8NO2/c5-4-3-6-1-2-7-4/h1-3,5H2. The highest BCUT2D eigenvalue weighted by Gasteiger charge is 2.08. The quantitative estimate of drug-likeness (QED) is 0.447. The zero-order valence-electron chi connectivity index (χ0n) is 4.02. The second-order valence-electron chi connectivity index (χ2n) is 1.37. The van der Waals surface area contributed by atoms with E-state index >= 15 is 0 Å². The van der Waals surface area contributed by atoms with Crippen molar-refractivity contribution in [2.24, 2.45) is 5.73 Å². The lowest BCUT2D eigenvalue weighted by Gasteiger charge is -2.16. The van der Waals surface area contributed by atoms with Gasteiger partial charge in [-0.1, -0.05) is 0 Å². The lowest BCUT2D eigenvalue weighted by molar-refractivity contribution is -0.0282. The SMILES string of the molecule is N[C]1COCCO1. The first kappa shape index (κ1) is 5.03. The van der Waals surface area contributed by atoms with E-state index in [4.69, 9.17) is 15.2 Å². The van der Waals surface area contributed by atoms with Gasteiger partial charge >= 0.3 is 0 Å². The van der Waals surface area contributed by atoms with Crippen molar-refractivity contribution in [3.05, 3.63) is 6.23 Å². The molecule has 1 aliphatic rings. The van der Waals surface area contributed by atoms with Crippen LogP contribution in [0.3, 0.4) is 0 Å². The molecule has 2 N–H and O–H groups in total. The van der Waals surface area contributed by atoms with E-state index in [1.54, 1.807) is 0 Å². The number of hydrogen-bond acceptors (Lipinski definition) is 3. The number of ether oxygens (including phenoxy) is 2. The summed E-state index contributed by atoms with van der Waals surface area (Å²) in [5.74, 6) is 0. The van der Waals surface area contributed by atoms with Gasteiger partial charge < -0.3 is 9.47 Å². The Bertz CT molecular complexity index is 51.7. The molecule has 0 unspecified atom stereocenters. The average molecular weight is 102 g/mol. The summed E-state index contributed by atoms with van der Waals surface area (Å²) in [6, 6.07) is 0. The summed E-state index contributed by atoms with van der Waals surface area (Å²) >= 11 is 0. The molecule has 1 fully saturated rings. The first-order chi connectivity index (χ1) is 3.39. The smallest absolute Gasteiger partial charge is 0.185 e. The lowest BCUT2D eigenvalue weighted by Crippen LogP contribution is -2.27. The van der Waals surface area contributed by atoms with Crippen LogP contribution in [0.25, 0.3) is 0 Å². The Morgan fingerprint density at radius 1 is 1.43 bits per heavy atom. The molecule has 3 nitrogen and oxygen atoms in total. The van der Waals surface area contributed by atoms with E-state index in [1.807, 2.05) is 0 Å². The van der Waals surface area contributed by atoms with Crippen molar-refractivity contribution < 1.29 is 9.47 Å². The van der Waals surface area contributed by atoms with Crippen molar-refractivity contribution in [2.75, 3.05) is 19.8 Å². The molecule has 1 rings (SSSR count). The van der Waals surface area contributed by atoms with Crippen LogP contribution < -0.4 is 5.73 Å². The molecule has 0 saturated carbocycles. The van der Waals surface area contributed by atoms with Crippen molar-refractivity contribution in [1.29, 1.82) is 0 Å². The van der Waals surface area contributed by atoms with Gasteiger partial charge in [0.1, 0.15) is 0 Å². The first-order valence-electron chi connectivity index (χ1n) is 2.21. The van der Waals surface area contributed by atoms with E-state index in [-0.39, 0.29) is 0 Å². The summed E-state index contributed by atoms with van der Waals surface area (Å²) in [5.41, 5.74) is 5.20. The molecule has 1 radical (unpaired) electrons. The molecule has 1 saturated heterocycles. The third kappa shape index (κ3) is 1.43. The summed E-state index contributed by atoms with van der Waals surface area (Å²) in [6.45, 7) is 1.73. The third-order valence-corrected chi connectivity index (χ3v) is 0.759. The van der Waals surface area contributed by atoms with Crippen LogP contribution in [0, 0.1) is 6.23 Å². The maximum absolute atomic E-state index is 5.20. The van der Waals surface area contributed by atoms with Crippen LogP contribution in [0.1, 0.15) is 0 Å². The summed E-state index contributed by atoms with van der Waals surface area (Å²) in [6.07, 6.45) is 0.492. The van der Waals surface area contributed by atoms with Crippen molar-refractivity contribution in [1.82, 2.24) is 0 Å². The molecule has 0 aliphatic carbocycles. The molecule has 3 heteroatoms. The normalized spacial score (nSPS) is 25.3. The molecule has 1 aliphatic heterocycles. The highest BCUT2D eigenvalue weighted by atomic mass is 16.6. The van der Waals surface area contributed by atoms with Crippen molar-refractivity contribution >= 4 is 0 Å². The Hall–Kier alpha value is -0.120. The minimum Gasteiger partial charge on any atom is -0.374 e. The van der Waals surface area contributed by atoms with Crippen LogP contribution in [-0.2, 0) is 9.47 Å². The van der Waals surface area contributed by atoms with Crippen LogP contribution in [0.4, 0.5) is 0 Å². The van der Waals surface area contributed by atoms with Gasteiger partial charge in [-0.15, -0.1) is 0 Å². The van der Waals surface area contributed by atoms with Crippen molar-refractivity contribution in [2.45, 2.75) is 0 Å². The topological polar surface area (TPSA) is 44.5 Å². The zero-order valence-corrected chi connectivity index (χ0v) is 4.02. The maximum Gasteiger partial charge on any atom is 0.185 e. The van der Waals surface area contributed by atoms with E-state index in [0.29, 0.717) is 26.0 Å². The van der Waals surface area contributed by atoms with Gasteiger partial charge in [0.15, 0.2) is 6.23 Å². The van der Waals surface area contributed by atoms with E-state index in [0.717, 1.165) is 0 Å². The summed E-state index contributed by atoms with van der Waals surface area (Å²) < 4.78 is 9.74. The van der Waals surface area contributed by atoms with Crippen molar-refractivity contribution in [3.8, 4) is 0 Å². The van der Waals surface area contributed by atoms with Gasteiger partial charge in [0.25, 0.3) is 0 Å². The summed E-state index contributed by atoms with van der Waals surface area (Å²) in [7, 11) is 0. The maximum atomic E-state index is 5.20. The second-order valence-corrected chi connectivity index (χ2v) is 1.37. The number of nitrogens with two attached hydrogens (primary N) is 1. The third-order valence-electron chi connectivity index (χ3n) is 0.759. The monoisotopic (exact) mass is 102 g/mol. The molecule has 0 aromatic heterocycles. The summed E-state index contributed by atoms with van der Waals surface area (Å²) in [4.78, 5) is 0. The van der Waals surface area contributed by atoms with Gasteiger partial charge in [-0.2, -0.15) is 0 Å². The molecule has 0 bridgehead atoms. The Morgan fingerprint density at radius 3 is 2.57 bits per heavy atom. The van der Waals surface area contributed by atoms with Crippen LogP contribution in [0.2, 0.25) is 0 Å². The highest BCUT2D eigenvalue weighted by molar-refractivity contribution is 4.69. The molecule has 0 spiro atoms. The van der Waals surface area contributed by atoms with Gasteiger partial charge in [0.05, 0.1) is 19.8 Å². The van der Waals surface area contributed by atoms with Gasteiger partial charge in [-0.3, -0.25) is 5.73 Å². The number of hydrogen-bond donors (Lipinski definition) is 1. The first-order valence-corrected chi connectivity index (χ1v) is 2.21. The minimum absolute atomic E-state index is 0.458. The average Bonchev–Trinajstić information content (AvgIpc) is 1.69. The van der Waals surface area contributed by atoms with Crippen molar-refractivity contribution in [3.63, 3.8) is 0 Å². The summed E-state index contributed by atoms with van der Waals surface area (Å²) in [5, 5.41) is 0. The zero-order chi connectivity index (χ0) is 5.11. The molecular weight excluding hydrogens is 94.0 g/mol. The van der Waals surface area contributed by atoms with E-state index in [9.17, 15) is 0 Å². The Morgan fingerprint density at radius 2 is 2.29 bits per heavy atom. The second kappa shape index (κ2) is 2.26. The van der Waals surface area contributed by atoms with Crippen LogP contribution in [0.5, 0.6) is 0 Å². The fourth-order valence-electron chi connectivity index (χ4n) is 0.446. The largest absolute Gasteiger partial charge is 0.374 e. The molecule has 0 aromatic carbocycles. The van der Waals surface area contributed by atoms with E-state index in [1.165, 1.54) is 0 Å². The van der Waals surface area contributed by atoms with Gasteiger partial charge in [-0.05, 0) is 0 Å². The molecular formula is C4H8NO2. The van der Waals surface area contributed by atoms with Gasteiger partial charge in [-0.25, -0.2) is 0 Å². The molecule has 41 valence electrons. The van der Waals surface area contributed by atoms with Gasteiger partial charge in [0, 0.05) is 0 Å². The van der Waals surface area contributed by atoms with Crippen LogP contribution >= 0.6 is 0 Å². The predicted octanol–water partition coefficient (Wildman–Crippen LogP) is -0.519. The molecule has 0 amide bonds. The molecule has 7 heavy (non-hydrogen) atoms. The van der Waals surface area contributed by atoms with Crippen LogP contribution in [0.15, 0.2) is 0 Å². The number of rotatable bonds is 0. The van der Waals surface area contributed by atoms with Gasteiger partial charge in [0.2, 0.25) is 0 Å². The molecule has 1 heterocycles. The van der Waals surface area contributed by atoms with E-state index < -0.39 is 0 Å². The molecule has 0 aromatic rings. The highest BCUT2D eigenvalue weighted by Crippen LogP contribution is 1.98. The Kier molecular flexibility index (Phi) is 1.62. The van der Waals surface area contributed by atoms with E-state index in [2.05, 4.69) is 0 Å². The fraction of sp³-hybridized carbons (Fsp3) is 0.750. The molecule has 0 atom stereocenters. The Labute approximate surface area is 42.4 Å². The minimum atomic E-state index is 0.458.